The number of phenols is 1. The van der Waals surface area contributed by atoms with Gasteiger partial charge in [0, 0.05) is 134 Å². The van der Waals surface area contributed by atoms with Crippen LogP contribution in [0.25, 0.3) is 0 Å². The van der Waals surface area contributed by atoms with Gasteiger partial charge in [0.25, 0.3) is 10.1 Å². The fraction of sp³-hybridized carbons (Fsp3) is 0.670. The van der Waals surface area contributed by atoms with Gasteiger partial charge in [0.2, 0.25) is 38.7 Å². The number of nitrogens with two attached hydrogens (primary N) is 1. The Morgan fingerprint density at radius 1 is 0.580 bits per heavy atom. The first-order valence-electron chi connectivity index (χ1n) is 41.3. The molecular formula is C88H136BClF10K3N4O20PS3+. The third-order valence-corrected chi connectivity index (χ3v) is 19.1. The van der Waals surface area contributed by atoms with E-state index in [1.165, 1.54) is 51.8 Å². The maximum Gasteiger partial charge on any atom is 1.00 e. The first-order chi connectivity index (χ1) is 58.9. The van der Waals surface area contributed by atoms with Crippen LogP contribution in [0.5, 0.6) is 23.0 Å². The van der Waals surface area contributed by atoms with Gasteiger partial charge in [-0.2, -0.15) is 30.7 Å². The van der Waals surface area contributed by atoms with Crippen molar-refractivity contribution in [1.29, 1.82) is 10.5 Å². The molecule has 0 amide bonds. The molecule has 43 heteroatoms. The van der Waals surface area contributed by atoms with Gasteiger partial charge in [-0.1, -0.05) is 76.7 Å². The number of halogens is 11. The molecule has 2 unspecified atom stereocenters. The van der Waals surface area contributed by atoms with Crippen LogP contribution in [0.4, 0.5) is 43.9 Å². The predicted molar refractivity (Wildman–Crippen MR) is 479 cm³/mol. The fourth-order valence-electron chi connectivity index (χ4n) is 11.7. The number of hydroxylamine groups is 1. The minimum atomic E-state index is -3.44. The second-order valence-corrected chi connectivity index (χ2v) is 37.6. The SMILES string of the molecule is C.C1CCOC1.C1CCOC1.CC#N.CC(C)(C)[O-].CN([PH-])OOC=O.CS(=O)(=O)Cl.CS(=O)(=O)OCC1CCC(F)(F)CC1.CSC.N#CCC(O)c1cccc(OCC2CCC(F)(F)CC2)c1.NCCC(O)c1cccc(OCC2CCC(F)(F)CC2)c1.O=Cc1cccc(O)c1.O=Cc1cccc(OCC2CCC(F)(F)CC2)c1.OCC1CCC(F)(F)CC1.[B].[K+].[K+].[K+]. The summed E-state index contributed by atoms with van der Waals surface area (Å²) in [6, 6.07) is 30.9. The summed E-state index contributed by atoms with van der Waals surface area (Å²) in [5.74, 6) is -9.92. The summed E-state index contributed by atoms with van der Waals surface area (Å²) in [6.45, 7) is 12.3. The maximum absolute atomic E-state index is 13.1. The number of ether oxygens (including phenoxy) is 5. The number of aliphatic hydroxyl groups excluding tert-OH is 3. The van der Waals surface area contributed by atoms with Gasteiger partial charge in [-0.25, -0.2) is 52.3 Å². The van der Waals surface area contributed by atoms with Crippen LogP contribution in [0, 0.1) is 52.3 Å². The van der Waals surface area contributed by atoms with E-state index in [0.717, 1.165) is 55.6 Å². The molecule has 0 aromatic heterocycles. The fourth-order valence-corrected chi connectivity index (χ4v) is 12.2. The maximum atomic E-state index is 13.1. The van der Waals surface area contributed by atoms with E-state index in [1.54, 1.807) is 105 Å². The molecule has 24 nitrogen and oxygen atoms in total. The standard InChI is InChI=1S/C16H23F2NO2.C16H19F2NO2.C14H16F2O2.C8H14F2O3S.C7H12F2O.C7H6O2.2C4H8O.C4H9O.C2H5NO3P.C2H3N.C2H6S.CH3ClO2S.CH4.B.3K/c2*17-16(18)7-4-12(5-8-16)11-21-14-3-1-2-13(10-14)15(20)6-9-19;15-14(16)6-4-11(5-7-14)10-18-13-3-1-2-12(8-13)9-17;1-14(11,12)13-6-7-2-4-8(9,10)5-3-7;8-7(9)3-1-6(5-10)2-4-7;8-5-6-2-1-3-7(9)4-6;2*1-2-4-5-3-1;1-4(2,3)5;1-3(7)6-5-2-4;1-2-3;1-3-2;1-5(2,3)4;;;;;/h1-3,10,12,15,20H,4-9,11,19H2;1-3,10,12,15,20H,4-8,11H2;1-3,8-9,11H,4-7,10H2;7H,2-6H2,1H3;6,10H,1-5H2;1-5,9H;2*1-4H2;1-3H3;2,7H,1H3;1H3;1-2H3;1H3;1H4;;;;/q;;;;;;;;2*-1;;;;;;3*+1. The molecule has 7 aliphatic rings. The number of rotatable bonds is 23. The molecule has 3 radical (unpaired) electrons. The van der Waals surface area contributed by atoms with Crippen molar-refractivity contribution in [3.8, 4) is 35.1 Å². The number of phenolic OH excluding ortho intramolecular Hbond substituents is 1. The Balaban J connectivity index is -0.000000265. The van der Waals surface area contributed by atoms with E-state index in [0.29, 0.717) is 137 Å². The molecule has 2 saturated heterocycles. The van der Waals surface area contributed by atoms with E-state index in [-0.39, 0.29) is 296 Å². The van der Waals surface area contributed by atoms with Gasteiger partial charge in [-0.05, 0) is 212 Å². The van der Waals surface area contributed by atoms with E-state index >= 15 is 0 Å². The first-order valence-corrected chi connectivity index (χ1v) is 47.9. The zero-order valence-electron chi connectivity index (χ0n) is 77.2. The van der Waals surface area contributed by atoms with Crippen LogP contribution in [-0.2, 0) is 47.5 Å². The number of carbonyl (C=O) groups is 3. The Morgan fingerprint density at radius 2 is 0.863 bits per heavy atom. The van der Waals surface area contributed by atoms with Crippen molar-refractivity contribution in [3.05, 3.63) is 119 Å². The summed E-state index contributed by atoms with van der Waals surface area (Å²) in [5.41, 5.74) is 7.13. The van der Waals surface area contributed by atoms with Gasteiger partial charge in [-0.3, -0.25) is 23.5 Å². The summed E-state index contributed by atoms with van der Waals surface area (Å²) in [5, 5.41) is 63.1. The third kappa shape index (κ3) is 87.5. The first kappa shape index (κ1) is 143. The van der Waals surface area contributed by atoms with Crippen LogP contribution in [-0.4, -0.2) is 203 Å². The van der Waals surface area contributed by atoms with Crippen LogP contribution < -0.4 is 179 Å². The average Bonchev–Trinajstić information content (AvgIpc) is 1.53. The summed E-state index contributed by atoms with van der Waals surface area (Å²) in [4.78, 5) is 38.9. The number of alkyl halides is 10. The van der Waals surface area contributed by atoms with E-state index < -0.39 is 66.6 Å². The zero-order chi connectivity index (χ0) is 95.9. The molecule has 733 valence electrons. The molecule has 11 rings (SSSR count). The van der Waals surface area contributed by atoms with Crippen molar-refractivity contribution < 1.29 is 293 Å². The number of aromatic hydroxyl groups is 1. The quantitative estimate of drug-likeness (QED) is 0.00673. The molecule has 131 heavy (non-hydrogen) atoms. The molecule has 4 aromatic rings. The summed E-state index contributed by atoms with van der Waals surface area (Å²) < 4.78 is 200. The zero-order valence-corrected chi connectivity index (χ0v) is 90.7. The van der Waals surface area contributed by atoms with Gasteiger partial charge in [-0.15, -0.1) is 10.6 Å². The molecule has 4 aromatic carbocycles. The molecule has 5 saturated carbocycles. The number of nitriles is 2. The van der Waals surface area contributed by atoms with Crippen LogP contribution in [0.3, 0.4) is 0 Å². The van der Waals surface area contributed by atoms with E-state index in [4.69, 9.17) is 50.2 Å². The van der Waals surface area contributed by atoms with Crippen LogP contribution in [0.15, 0.2) is 97.1 Å². The van der Waals surface area contributed by atoms with E-state index in [1.807, 2.05) is 36.8 Å². The van der Waals surface area contributed by atoms with Crippen molar-refractivity contribution in [3.63, 3.8) is 0 Å². The molecule has 5 aliphatic carbocycles. The van der Waals surface area contributed by atoms with E-state index in [9.17, 15) is 90.4 Å². The Bertz CT molecular complexity index is 3800. The number of benzene rings is 4. The second kappa shape index (κ2) is 81.3. The Hall–Kier alpha value is -1.29. The largest absolute Gasteiger partial charge is 1.00 e. The number of aliphatic hydroxyl groups is 3. The summed E-state index contributed by atoms with van der Waals surface area (Å²) in [7, 11) is 2.23. The molecule has 2 aliphatic heterocycles. The second-order valence-electron chi connectivity index (χ2n) is 31.4. The number of aldehydes is 2. The van der Waals surface area contributed by atoms with Gasteiger partial charge in [0.05, 0.1) is 69.7 Å². The minimum absolute atomic E-state index is 0. The Morgan fingerprint density at radius 3 is 1.11 bits per heavy atom. The molecule has 0 bridgehead atoms. The topological polar surface area (TPSA) is 374 Å². The summed E-state index contributed by atoms with van der Waals surface area (Å²) >= 11 is 1.75. The average molecular weight is 2050 g/mol. The van der Waals surface area contributed by atoms with Gasteiger partial charge < -0.3 is 69.2 Å². The van der Waals surface area contributed by atoms with Crippen molar-refractivity contribution in [1.82, 2.24) is 4.83 Å². The number of thioether (sulfide) groups is 1. The van der Waals surface area contributed by atoms with Crippen LogP contribution in [0.1, 0.15) is 246 Å². The van der Waals surface area contributed by atoms with Gasteiger partial charge in [0.1, 0.15) is 35.6 Å². The van der Waals surface area contributed by atoms with Gasteiger partial charge >= 0.3 is 161 Å². The van der Waals surface area contributed by atoms with Crippen molar-refractivity contribution in [2.75, 3.05) is 98.1 Å². The van der Waals surface area contributed by atoms with Crippen molar-refractivity contribution >= 4 is 78.5 Å². The third-order valence-electron chi connectivity index (χ3n) is 18.5. The van der Waals surface area contributed by atoms with Crippen LogP contribution in [0.2, 0.25) is 0 Å². The molecule has 6 N–H and O–H groups in total. The molecule has 7 fully saturated rings. The molecule has 0 spiro atoms. The summed E-state index contributed by atoms with van der Waals surface area (Å²) in [6.07, 6.45) is 15.5. The van der Waals surface area contributed by atoms with E-state index in [2.05, 4.69) is 34.1 Å². The number of nitrogens with zero attached hydrogens (tertiary/aromatic N) is 3. The molecule has 2 heterocycles. The Kier molecular flexibility index (Phi) is 88.5. The normalized spacial score (nSPS) is 17.7. The minimum Gasteiger partial charge on any atom is -0.850 e. The molecule has 2 atom stereocenters. The van der Waals surface area contributed by atoms with Gasteiger partial charge in [0.15, 0.2) is 0 Å². The molecular weight excluding hydrogens is 1910 g/mol. The smallest absolute Gasteiger partial charge is 0.850 e. The number of carbonyl (C=O) groups excluding carboxylic acids is 3. The Labute approximate surface area is 912 Å². The number of hydrogen-bond donors (Lipinski definition) is 5. The number of hydrogen-bond acceptors (Lipinski definition) is 25. The predicted octanol–water partition coefficient (Wildman–Crippen LogP) is 10.3. The van der Waals surface area contributed by atoms with Crippen molar-refractivity contribution in [2.45, 2.75) is 249 Å². The van der Waals surface area contributed by atoms with Crippen LogP contribution >= 0.6 is 31.8 Å². The van der Waals surface area contributed by atoms with Crippen molar-refractivity contribution in [2.24, 2.45) is 35.3 Å². The monoisotopic (exact) mass is 2050 g/mol.